The minimum absolute atomic E-state index is 0.119. The normalized spacial score (nSPS) is 12.8. The SMILES string of the molecule is CCCSCC(N)Cc1c(Cl)cccc1Cl. The lowest BCUT2D eigenvalue weighted by molar-refractivity contribution is 0.748. The molecular formula is C12H17Cl2NS. The largest absolute Gasteiger partial charge is 0.327 e. The smallest absolute Gasteiger partial charge is 0.0453 e. The number of halogens is 2. The molecule has 0 bridgehead atoms. The van der Waals surface area contributed by atoms with Crippen LogP contribution in [0.4, 0.5) is 0 Å². The summed E-state index contributed by atoms with van der Waals surface area (Å²) < 4.78 is 0. The molecule has 0 amide bonds. The molecule has 4 heteroatoms. The molecule has 2 N–H and O–H groups in total. The van der Waals surface area contributed by atoms with Crippen LogP contribution in [0.15, 0.2) is 18.2 Å². The monoisotopic (exact) mass is 277 g/mol. The standard InChI is InChI=1S/C12H17Cl2NS/c1-2-6-16-8-9(15)7-10-11(13)4-3-5-12(10)14/h3-5,9H,2,6-8,15H2,1H3. The fourth-order valence-corrected chi connectivity index (χ4v) is 2.86. The molecule has 0 aliphatic carbocycles. The van der Waals surface area contributed by atoms with Crippen molar-refractivity contribution in [2.75, 3.05) is 11.5 Å². The highest BCUT2D eigenvalue weighted by Gasteiger charge is 2.10. The van der Waals surface area contributed by atoms with Gasteiger partial charge in [0.25, 0.3) is 0 Å². The molecule has 0 aromatic heterocycles. The van der Waals surface area contributed by atoms with Gasteiger partial charge in [0.1, 0.15) is 0 Å². The maximum Gasteiger partial charge on any atom is 0.0453 e. The van der Waals surface area contributed by atoms with Gasteiger partial charge in [0.15, 0.2) is 0 Å². The van der Waals surface area contributed by atoms with E-state index in [-0.39, 0.29) is 6.04 Å². The molecule has 0 radical (unpaired) electrons. The number of hydrogen-bond donors (Lipinski definition) is 1. The third-order valence-corrected chi connectivity index (χ3v) is 4.28. The topological polar surface area (TPSA) is 26.0 Å². The zero-order valence-electron chi connectivity index (χ0n) is 9.38. The van der Waals surface area contributed by atoms with Crippen molar-refractivity contribution in [2.24, 2.45) is 5.73 Å². The van der Waals surface area contributed by atoms with E-state index in [1.807, 2.05) is 30.0 Å². The summed E-state index contributed by atoms with van der Waals surface area (Å²) in [7, 11) is 0. The second-order valence-electron chi connectivity index (χ2n) is 3.74. The molecule has 0 heterocycles. The van der Waals surface area contributed by atoms with Crippen molar-refractivity contribution in [1.82, 2.24) is 0 Å². The molecular weight excluding hydrogens is 261 g/mol. The van der Waals surface area contributed by atoms with Crippen LogP contribution in [0.25, 0.3) is 0 Å². The third kappa shape index (κ3) is 4.54. The van der Waals surface area contributed by atoms with Gasteiger partial charge in [-0.15, -0.1) is 0 Å². The van der Waals surface area contributed by atoms with E-state index in [2.05, 4.69) is 6.92 Å². The lowest BCUT2D eigenvalue weighted by atomic mass is 10.1. The first kappa shape index (κ1) is 14.2. The van der Waals surface area contributed by atoms with Crippen molar-refractivity contribution in [1.29, 1.82) is 0 Å². The van der Waals surface area contributed by atoms with Crippen LogP contribution in [0.5, 0.6) is 0 Å². The quantitative estimate of drug-likeness (QED) is 0.796. The van der Waals surface area contributed by atoms with Crippen molar-refractivity contribution in [2.45, 2.75) is 25.8 Å². The average Bonchev–Trinajstić information content (AvgIpc) is 2.24. The fraction of sp³-hybridized carbons (Fsp3) is 0.500. The maximum atomic E-state index is 6.09. The van der Waals surface area contributed by atoms with Crippen LogP contribution >= 0.6 is 35.0 Å². The minimum atomic E-state index is 0.119. The van der Waals surface area contributed by atoms with Crippen molar-refractivity contribution in [3.05, 3.63) is 33.8 Å². The first-order valence-electron chi connectivity index (χ1n) is 5.41. The Hall–Kier alpha value is 0.110. The Morgan fingerprint density at radius 3 is 2.50 bits per heavy atom. The lowest BCUT2D eigenvalue weighted by Gasteiger charge is -2.13. The lowest BCUT2D eigenvalue weighted by Crippen LogP contribution is -2.26. The van der Waals surface area contributed by atoms with Crippen molar-refractivity contribution < 1.29 is 0 Å². The van der Waals surface area contributed by atoms with Crippen LogP contribution in [0.3, 0.4) is 0 Å². The summed E-state index contributed by atoms with van der Waals surface area (Å²) in [6.45, 7) is 2.17. The van der Waals surface area contributed by atoms with Gasteiger partial charge in [-0.1, -0.05) is 36.2 Å². The molecule has 1 nitrogen and oxygen atoms in total. The first-order valence-corrected chi connectivity index (χ1v) is 7.32. The molecule has 0 aliphatic heterocycles. The molecule has 1 rings (SSSR count). The van der Waals surface area contributed by atoms with Crippen LogP contribution in [0.2, 0.25) is 10.0 Å². The molecule has 1 unspecified atom stereocenters. The van der Waals surface area contributed by atoms with Gasteiger partial charge in [-0.2, -0.15) is 11.8 Å². The zero-order chi connectivity index (χ0) is 12.0. The van der Waals surface area contributed by atoms with Crippen molar-refractivity contribution >= 4 is 35.0 Å². The summed E-state index contributed by atoms with van der Waals surface area (Å²) in [5.74, 6) is 2.11. The number of benzene rings is 1. The van der Waals surface area contributed by atoms with Gasteiger partial charge in [0.2, 0.25) is 0 Å². The highest BCUT2D eigenvalue weighted by atomic mass is 35.5. The average molecular weight is 278 g/mol. The number of hydrogen-bond acceptors (Lipinski definition) is 2. The van der Waals surface area contributed by atoms with Crippen molar-refractivity contribution in [3.63, 3.8) is 0 Å². The van der Waals surface area contributed by atoms with Gasteiger partial charge in [0.05, 0.1) is 0 Å². The van der Waals surface area contributed by atoms with Gasteiger partial charge in [-0.3, -0.25) is 0 Å². The Bertz CT molecular complexity index is 311. The summed E-state index contributed by atoms with van der Waals surface area (Å²) in [6.07, 6.45) is 1.93. The molecule has 0 saturated heterocycles. The molecule has 1 aromatic carbocycles. The minimum Gasteiger partial charge on any atom is -0.327 e. The Morgan fingerprint density at radius 2 is 1.94 bits per heavy atom. The van der Waals surface area contributed by atoms with Crippen LogP contribution in [0.1, 0.15) is 18.9 Å². The first-order chi connectivity index (χ1) is 7.65. The van der Waals surface area contributed by atoms with E-state index < -0.39 is 0 Å². The summed E-state index contributed by atoms with van der Waals surface area (Å²) >= 11 is 14.1. The van der Waals surface area contributed by atoms with E-state index in [1.54, 1.807) is 0 Å². The van der Waals surface area contributed by atoms with Crippen molar-refractivity contribution in [3.8, 4) is 0 Å². The van der Waals surface area contributed by atoms with Gasteiger partial charge in [-0.25, -0.2) is 0 Å². The van der Waals surface area contributed by atoms with Crippen LogP contribution in [-0.2, 0) is 6.42 Å². The van der Waals surface area contributed by atoms with E-state index in [4.69, 9.17) is 28.9 Å². The molecule has 0 spiro atoms. The van der Waals surface area contributed by atoms with Crippen LogP contribution < -0.4 is 5.73 Å². The number of rotatable bonds is 6. The number of nitrogens with two attached hydrogens (primary N) is 1. The van der Waals surface area contributed by atoms with Gasteiger partial charge < -0.3 is 5.73 Å². The zero-order valence-corrected chi connectivity index (χ0v) is 11.7. The second-order valence-corrected chi connectivity index (χ2v) is 5.70. The molecule has 0 saturated carbocycles. The second kappa shape index (κ2) is 7.44. The Balaban J connectivity index is 2.52. The number of thioether (sulfide) groups is 1. The van der Waals surface area contributed by atoms with E-state index in [0.717, 1.165) is 23.5 Å². The van der Waals surface area contributed by atoms with Crippen LogP contribution in [0, 0.1) is 0 Å². The summed E-state index contributed by atoms with van der Waals surface area (Å²) in [5.41, 5.74) is 7.01. The molecule has 1 atom stereocenters. The summed E-state index contributed by atoms with van der Waals surface area (Å²) in [5, 5.41) is 1.42. The van der Waals surface area contributed by atoms with E-state index in [9.17, 15) is 0 Å². The van der Waals surface area contributed by atoms with Gasteiger partial charge in [-0.05, 0) is 36.3 Å². The molecule has 0 fully saturated rings. The summed E-state index contributed by atoms with van der Waals surface area (Å²) in [4.78, 5) is 0. The van der Waals surface area contributed by atoms with Crippen LogP contribution in [-0.4, -0.2) is 17.5 Å². The molecule has 16 heavy (non-hydrogen) atoms. The predicted octanol–water partition coefficient (Wildman–Crippen LogP) is 4.01. The Labute approximate surface area is 112 Å². The fourth-order valence-electron chi connectivity index (χ4n) is 1.43. The molecule has 90 valence electrons. The van der Waals surface area contributed by atoms with E-state index >= 15 is 0 Å². The molecule has 1 aromatic rings. The molecule has 0 aliphatic rings. The Morgan fingerprint density at radius 1 is 1.31 bits per heavy atom. The van der Waals surface area contributed by atoms with E-state index in [1.165, 1.54) is 6.42 Å². The Kier molecular flexibility index (Phi) is 6.59. The van der Waals surface area contributed by atoms with E-state index in [0.29, 0.717) is 10.0 Å². The van der Waals surface area contributed by atoms with Gasteiger partial charge >= 0.3 is 0 Å². The van der Waals surface area contributed by atoms with Gasteiger partial charge in [0, 0.05) is 21.8 Å². The third-order valence-electron chi connectivity index (χ3n) is 2.21. The predicted molar refractivity (Wildman–Crippen MR) is 75.8 cm³/mol. The highest BCUT2D eigenvalue weighted by Crippen LogP contribution is 2.25. The highest BCUT2D eigenvalue weighted by molar-refractivity contribution is 7.99. The maximum absolute atomic E-state index is 6.09. The summed E-state index contributed by atoms with van der Waals surface area (Å²) in [6, 6.07) is 5.68.